The van der Waals surface area contributed by atoms with E-state index in [4.69, 9.17) is 6.42 Å². The van der Waals surface area contributed by atoms with E-state index in [1.807, 2.05) is 6.07 Å². The number of terminal acetylenes is 1. The number of fused-ring (bicyclic) bond motifs is 1. The highest BCUT2D eigenvalue weighted by Crippen LogP contribution is 2.45. The molecule has 148 valence electrons. The summed E-state index contributed by atoms with van der Waals surface area (Å²) in [7, 11) is 0. The average molecular weight is 401 g/mol. The summed E-state index contributed by atoms with van der Waals surface area (Å²) in [6, 6.07) is 3.39. The lowest BCUT2D eigenvalue weighted by Crippen LogP contribution is -2.48. The van der Waals surface area contributed by atoms with Crippen molar-refractivity contribution in [1.29, 1.82) is 0 Å². The molecule has 2 amide bonds. The molecule has 0 N–H and O–H groups in total. The van der Waals surface area contributed by atoms with Crippen LogP contribution in [0.15, 0.2) is 17.0 Å². The van der Waals surface area contributed by atoms with Crippen LogP contribution in [-0.2, 0) is 4.79 Å². The molecule has 1 aromatic carbocycles. The number of carbonyl (C=O) groups excluding carboxylic acids is 2. The van der Waals surface area contributed by atoms with Gasteiger partial charge in [0.2, 0.25) is 0 Å². The Bertz CT molecular complexity index is 901. The van der Waals surface area contributed by atoms with Gasteiger partial charge < -0.3 is 4.90 Å². The van der Waals surface area contributed by atoms with Crippen LogP contribution in [0, 0.1) is 18.2 Å². The molecule has 2 heterocycles. The van der Waals surface area contributed by atoms with E-state index in [9.17, 15) is 14.0 Å². The van der Waals surface area contributed by atoms with Gasteiger partial charge in [-0.15, -0.1) is 6.42 Å². The fraction of sp³-hybridized carbons (Fsp3) is 0.455. The second-order valence-electron chi connectivity index (χ2n) is 7.97. The Labute approximate surface area is 170 Å². The fourth-order valence-electron chi connectivity index (χ4n) is 4.15. The van der Waals surface area contributed by atoms with E-state index in [1.165, 1.54) is 6.08 Å². The molecule has 0 radical (unpaired) electrons. The van der Waals surface area contributed by atoms with Crippen LogP contribution >= 0.6 is 11.8 Å². The van der Waals surface area contributed by atoms with Crippen LogP contribution in [-0.4, -0.2) is 34.7 Å². The third-order valence-electron chi connectivity index (χ3n) is 5.36. The van der Waals surface area contributed by atoms with Crippen LogP contribution in [0.2, 0.25) is 0 Å². The molecule has 0 aliphatic carbocycles. The third-order valence-corrected chi connectivity index (χ3v) is 6.27. The first-order valence-electron chi connectivity index (χ1n) is 9.49. The quantitative estimate of drug-likeness (QED) is 0.527. The number of carbonyl (C=O) groups is 2. The molecule has 1 unspecified atom stereocenters. The van der Waals surface area contributed by atoms with Gasteiger partial charge in [0.15, 0.2) is 0 Å². The number of nitrogens with zero attached hydrogens (tertiary/aromatic N) is 2. The molecule has 1 saturated heterocycles. The number of rotatable bonds is 4. The summed E-state index contributed by atoms with van der Waals surface area (Å²) in [5, 5.41) is -0.420. The van der Waals surface area contributed by atoms with Crippen LogP contribution in [0.4, 0.5) is 14.9 Å². The topological polar surface area (TPSA) is 40.6 Å². The smallest absolute Gasteiger partial charge is 0.294 e. The van der Waals surface area contributed by atoms with Gasteiger partial charge in [-0.1, -0.05) is 19.8 Å². The Morgan fingerprint density at radius 2 is 2.11 bits per heavy atom. The first-order chi connectivity index (χ1) is 13.2. The second kappa shape index (κ2) is 7.63. The maximum absolute atomic E-state index is 15.0. The molecule has 2 aliphatic heterocycles. The number of benzene rings is 1. The summed E-state index contributed by atoms with van der Waals surface area (Å²) < 4.78 is 15.0. The van der Waals surface area contributed by atoms with Crippen LogP contribution < -0.4 is 4.90 Å². The maximum Gasteiger partial charge on any atom is 0.294 e. The van der Waals surface area contributed by atoms with Crippen molar-refractivity contribution in [2.45, 2.75) is 52.0 Å². The Morgan fingerprint density at radius 1 is 1.39 bits per heavy atom. The molecule has 1 atom stereocenters. The number of imide groups is 1. The number of hydrogen-bond acceptors (Lipinski definition) is 4. The Morgan fingerprint density at radius 3 is 2.75 bits per heavy atom. The minimum absolute atomic E-state index is 0.0474. The monoisotopic (exact) mass is 400 g/mol. The summed E-state index contributed by atoms with van der Waals surface area (Å²) in [5.74, 6) is 1.71. The van der Waals surface area contributed by atoms with E-state index in [2.05, 4.69) is 38.5 Å². The molecule has 6 heteroatoms. The molecule has 0 bridgehead atoms. The zero-order chi connectivity index (χ0) is 20.6. The standard InChI is InChI=1S/C22H25FN2O2S/c1-6-8-24-20(26)19(28-21(24)27)11-15-10-16-14(3)13-22(4,5)25(9-7-2)18(16)12-17(15)23/h1,10-12,14H,7-9,13H2,2-5H3/b19-11+. The van der Waals surface area contributed by atoms with E-state index in [-0.39, 0.29) is 22.9 Å². The van der Waals surface area contributed by atoms with E-state index in [0.717, 1.165) is 47.3 Å². The van der Waals surface area contributed by atoms with Crippen molar-refractivity contribution in [2.24, 2.45) is 0 Å². The van der Waals surface area contributed by atoms with Crippen molar-refractivity contribution < 1.29 is 14.0 Å². The predicted molar refractivity (Wildman–Crippen MR) is 113 cm³/mol. The summed E-state index contributed by atoms with van der Waals surface area (Å²) in [4.78, 5) is 27.8. The first kappa shape index (κ1) is 20.5. The molecular formula is C22H25FN2O2S. The van der Waals surface area contributed by atoms with Crippen LogP contribution in [0.5, 0.6) is 0 Å². The van der Waals surface area contributed by atoms with Gasteiger partial charge in [-0.05, 0) is 68.1 Å². The molecule has 0 spiro atoms. The van der Waals surface area contributed by atoms with Crippen molar-refractivity contribution in [3.05, 3.63) is 34.0 Å². The lowest BCUT2D eigenvalue weighted by molar-refractivity contribution is -0.122. The Hall–Kier alpha value is -2.26. The Kier molecular flexibility index (Phi) is 5.58. The van der Waals surface area contributed by atoms with Gasteiger partial charge in [-0.25, -0.2) is 4.39 Å². The first-order valence-corrected chi connectivity index (χ1v) is 10.3. The third kappa shape index (κ3) is 3.56. The highest BCUT2D eigenvalue weighted by molar-refractivity contribution is 8.18. The number of anilines is 1. The molecular weight excluding hydrogens is 375 g/mol. The number of amides is 2. The zero-order valence-corrected chi connectivity index (χ0v) is 17.5. The van der Waals surface area contributed by atoms with Crippen molar-refractivity contribution in [3.8, 4) is 12.3 Å². The van der Waals surface area contributed by atoms with Crippen molar-refractivity contribution in [1.82, 2.24) is 4.90 Å². The summed E-state index contributed by atoms with van der Waals surface area (Å²) >= 11 is 0.798. The zero-order valence-electron chi connectivity index (χ0n) is 16.7. The molecule has 4 nitrogen and oxygen atoms in total. The lowest BCUT2D eigenvalue weighted by atomic mass is 9.79. The molecule has 3 rings (SSSR count). The Balaban J connectivity index is 2.03. The van der Waals surface area contributed by atoms with Gasteiger partial charge in [0, 0.05) is 23.3 Å². The van der Waals surface area contributed by atoms with E-state index in [0.29, 0.717) is 5.56 Å². The lowest BCUT2D eigenvalue weighted by Gasteiger charge is -2.47. The van der Waals surface area contributed by atoms with Crippen LogP contribution in [0.1, 0.15) is 57.6 Å². The average Bonchev–Trinajstić information content (AvgIpc) is 2.87. The highest BCUT2D eigenvalue weighted by Gasteiger charge is 2.37. The molecule has 28 heavy (non-hydrogen) atoms. The molecule has 0 saturated carbocycles. The highest BCUT2D eigenvalue weighted by atomic mass is 32.2. The van der Waals surface area contributed by atoms with E-state index >= 15 is 0 Å². The van der Waals surface area contributed by atoms with Crippen LogP contribution in [0.3, 0.4) is 0 Å². The van der Waals surface area contributed by atoms with Gasteiger partial charge in [-0.2, -0.15) is 0 Å². The van der Waals surface area contributed by atoms with Gasteiger partial charge in [0.05, 0.1) is 11.4 Å². The fourth-order valence-corrected chi connectivity index (χ4v) is 4.98. The SMILES string of the molecule is C#CCN1C(=O)S/C(=C/c2cc3c(cc2F)N(CCC)C(C)(C)CC3C)C1=O. The van der Waals surface area contributed by atoms with E-state index < -0.39 is 17.0 Å². The summed E-state index contributed by atoms with van der Waals surface area (Å²) in [6.07, 6.45) is 8.62. The number of halogens is 1. The van der Waals surface area contributed by atoms with Crippen molar-refractivity contribution >= 4 is 34.7 Å². The second-order valence-corrected chi connectivity index (χ2v) is 8.97. The van der Waals surface area contributed by atoms with Crippen LogP contribution in [0.25, 0.3) is 6.08 Å². The van der Waals surface area contributed by atoms with E-state index in [1.54, 1.807) is 6.07 Å². The maximum atomic E-state index is 15.0. The van der Waals surface area contributed by atoms with Gasteiger partial charge in [-0.3, -0.25) is 14.5 Å². The van der Waals surface area contributed by atoms with Crippen molar-refractivity contribution in [3.63, 3.8) is 0 Å². The summed E-state index contributed by atoms with van der Waals surface area (Å²) in [6.45, 7) is 9.42. The predicted octanol–water partition coefficient (Wildman–Crippen LogP) is 5.00. The number of hydrogen-bond donors (Lipinski definition) is 0. The van der Waals surface area contributed by atoms with Gasteiger partial charge >= 0.3 is 0 Å². The minimum Gasteiger partial charge on any atom is -0.366 e. The molecule has 1 aromatic rings. The normalized spacial score (nSPS) is 22.6. The van der Waals surface area contributed by atoms with Crippen molar-refractivity contribution in [2.75, 3.05) is 18.0 Å². The van der Waals surface area contributed by atoms with Gasteiger partial charge in [0.1, 0.15) is 5.82 Å². The molecule has 1 fully saturated rings. The number of thioether (sulfide) groups is 1. The molecule has 2 aliphatic rings. The molecule has 0 aromatic heterocycles. The summed E-state index contributed by atoms with van der Waals surface area (Å²) in [5.41, 5.74) is 2.27. The largest absolute Gasteiger partial charge is 0.366 e. The van der Waals surface area contributed by atoms with Gasteiger partial charge in [0.25, 0.3) is 11.1 Å². The minimum atomic E-state index is -0.466.